The van der Waals surface area contributed by atoms with E-state index in [9.17, 15) is 0 Å². The van der Waals surface area contributed by atoms with Crippen molar-refractivity contribution in [3.05, 3.63) is 65.8 Å². The Kier molecular flexibility index (Phi) is 4.89. The number of ether oxygens (including phenoxy) is 1. The first-order valence-corrected chi connectivity index (χ1v) is 7.97. The highest BCUT2D eigenvalue weighted by Crippen LogP contribution is 2.31. The Morgan fingerprint density at radius 2 is 1.78 bits per heavy atom. The van der Waals surface area contributed by atoms with E-state index in [1.165, 1.54) is 0 Å². The molecule has 0 spiro atoms. The smallest absolute Gasteiger partial charge is 0.163 e. The van der Waals surface area contributed by atoms with Crippen LogP contribution in [-0.2, 0) is 0 Å². The Morgan fingerprint density at radius 1 is 1.00 bits per heavy atom. The maximum atomic E-state index is 6.12. The van der Waals surface area contributed by atoms with Gasteiger partial charge in [-0.3, -0.25) is 0 Å². The van der Waals surface area contributed by atoms with E-state index in [2.05, 4.69) is 11.9 Å². The maximum absolute atomic E-state index is 6.12. The molecule has 0 atom stereocenters. The number of hydrogen-bond acceptors (Lipinski definition) is 3. The second kappa shape index (κ2) is 7.25. The van der Waals surface area contributed by atoms with Gasteiger partial charge in [-0.25, -0.2) is 9.97 Å². The quantitative estimate of drug-likeness (QED) is 0.642. The van der Waals surface area contributed by atoms with Crippen molar-refractivity contribution in [2.75, 3.05) is 6.61 Å². The molecular formula is C19H17ClN2O. The van der Waals surface area contributed by atoms with Gasteiger partial charge in [0.05, 0.1) is 12.8 Å². The van der Waals surface area contributed by atoms with Crippen LogP contribution in [0.2, 0.25) is 5.02 Å². The van der Waals surface area contributed by atoms with Gasteiger partial charge in [-0.2, -0.15) is 0 Å². The lowest BCUT2D eigenvalue weighted by Crippen LogP contribution is -2.01. The molecule has 1 aromatic heterocycles. The minimum atomic E-state index is 0.627. The van der Waals surface area contributed by atoms with Crippen LogP contribution in [0.3, 0.4) is 0 Å². The van der Waals surface area contributed by atoms with Crippen molar-refractivity contribution < 1.29 is 4.74 Å². The van der Waals surface area contributed by atoms with Gasteiger partial charge >= 0.3 is 0 Å². The van der Waals surface area contributed by atoms with Crippen LogP contribution >= 0.6 is 11.6 Å². The Labute approximate surface area is 140 Å². The number of halogens is 1. The van der Waals surface area contributed by atoms with E-state index in [4.69, 9.17) is 21.3 Å². The highest BCUT2D eigenvalue weighted by Gasteiger charge is 2.12. The van der Waals surface area contributed by atoms with Gasteiger partial charge in [-0.05, 0) is 18.6 Å². The Balaban J connectivity index is 2.09. The van der Waals surface area contributed by atoms with Gasteiger partial charge in [0, 0.05) is 16.1 Å². The normalized spacial score (nSPS) is 10.5. The fourth-order valence-electron chi connectivity index (χ4n) is 2.26. The summed E-state index contributed by atoms with van der Waals surface area (Å²) in [6.45, 7) is 2.69. The zero-order valence-electron chi connectivity index (χ0n) is 12.9. The summed E-state index contributed by atoms with van der Waals surface area (Å²) in [6.07, 6.45) is 2.66. The van der Waals surface area contributed by atoms with Crippen LogP contribution in [0.4, 0.5) is 0 Å². The molecule has 0 N–H and O–H groups in total. The second-order valence-corrected chi connectivity index (χ2v) is 5.57. The molecule has 0 saturated heterocycles. The van der Waals surface area contributed by atoms with Crippen molar-refractivity contribution >= 4 is 11.6 Å². The number of nitrogens with zero attached hydrogens (tertiary/aromatic N) is 2. The summed E-state index contributed by atoms with van der Waals surface area (Å²) in [5.74, 6) is 1.35. The lowest BCUT2D eigenvalue weighted by molar-refractivity contribution is 0.316. The van der Waals surface area contributed by atoms with E-state index in [1.54, 1.807) is 6.20 Å². The van der Waals surface area contributed by atoms with Gasteiger partial charge in [0.2, 0.25) is 0 Å². The van der Waals surface area contributed by atoms with Crippen molar-refractivity contribution in [2.24, 2.45) is 0 Å². The SMILES string of the molecule is CCCOc1cnc(-c2ccccc2)nc1-c1cccc(Cl)c1. The van der Waals surface area contributed by atoms with E-state index in [-0.39, 0.29) is 0 Å². The number of benzene rings is 2. The molecule has 0 aliphatic rings. The van der Waals surface area contributed by atoms with Crippen LogP contribution in [0.15, 0.2) is 60.8 Å². The first-order chi connectivity index (χ1) is 11.3. The third-order valence-electron chi connectivity index (χ3n) is 3.35. The molecule has 3 rings (SSSR count). The van der Waals surface area contributed by atoms with E-state index >= 15 is 0 Å². The molecule has 0 radical (unpaired) electrons. The van der Waals surface area contributed by atoms with Crippen molar-refractivity contribution in [3.8, 4) is 28.4 Å². The molecule has 23 heavy (non-hydrogen) atoms. The van der Waals surface area contributed by atoms with Crippen LogP contribution in [0, 0.1) is 0 Å². The number of aromatic nitrogens is 2. The van der Waals surface area contributed by atoms with Crippen molar-refractivity contribution in [3.63, 3.8) is 0 Å². The predicted octanol–water partition coefficient (Wildman–Crippen LogP) is 5.25. The molecule has 1 heterocycles. The standard InChI is InChI=1S/C19H17ClN2O/c1-2-11-23-17-13-21-19(14-7-4-3-5-8-14)22-18(17)15-9-6-10-16(20)12-15/h3-10,12-13H,2,11H2,1H3. The fourth-order valence-corrected chi connectivity index (χ4v) is 2.45. The molecule has 0 unspecified atom stereocenters. The molecule has 0 aliphatic heterocycles. The van der Waals surface area contributed by atoms with Crippen LogP contribution in [-0.4, -0.2) is 16.6 Å². The Morgan fingerprint density at radius 3 is 2.52 bits per heavy atom. The average Bonchev–Trinajstić information content (AvgIpc) is 2.60. The molecule has 4 heteroatoms. The Hall–Kier alpha value is -2.39. The zero-order valence-corrected chi connectivity index (χ0v) is 13.6. The molecule has 0 fully saturated rings. The topological polar surface area (TPSA) is 35.0 Å². The van der Waals surface area contributed by atoms with Gasteiger partial charge in [-0.15, -0.1) is 0 Å². The summed E-state index contributed by atoms with van der Waals surface area (Å²) in [7, 11) is 0. The van der Waals surface area contributed by atoms with Gasteiger partial charge < -0.3 is 4.74 Å². The average molecular weight is 325 g/mol. The molecule has 3 aromatic rings. The van der Waals surface area contributed by atoms with Crippen molar-refractivity contribution in [2.45, 2.75) is 13.3 Å². The Bertz CT molecular complexity index is 790. The van der Waals surface area contributed by atoms with Crippen LogP contribution in [0.5, 0.6) is 5.75 Å². The summed E-state index contributed by atoms with van der Waals surface area (Å²) in [6, 6.07) is 17.5. The van der Waals surface area contributed by atoms with E-state index < -0.39 is 0 Å². The third kappa shape index (κ3) is 3.69. The molecule has 3 nitrogen and oxygen atoms in total. The fraction of sp³-hybridized carbons (Fsp3) is 0.158. The van der Waals surface area contributed by atoms with Crippen LogP contribution in [0.1, 0.15) is 13.3 Å². The summed E-state index contributed by atoms with van der Waals surface area (Å²) in [4.78, 5) is 9.15. The third-order valence-corrected chi connectivity index (χ3v) is 3.58. The molecular weight excluding hydrogens is 308 g/mol. The molecule has 116 valence electrons. The summed E-state index contributed by atoms with van der Waals surface area (Å²) < 4.78 is 5.80. The van der Waals surface area contributed by atoms with Gasteiger partial charge in [0.1, 0.15) is 5.69 Å². The van der Waals surface area contributed by atoms with Crippen molar-refractivity contribution in [1.29, 1.82) is 0 Å². The van der Waals surface area contributed by atoms with Crippen molar-refractivity contribution in [1.82, 2.24) is 9.97 Å². The maximum Gasteiger partial charge on any atom is 0.163 e. The number of hydrogen-bond donors (Lipinski definition) is 0. The van der Waals surface area contributed by atoms with Crippen LogP contribution < -0.4 is 4.74 Å². The molecule has 0 saturated carbocycles. The monoisotopic (exact) mass is 324 g/mol. The summed E-state index contributed by atoms with van der Waals surface area (Å²) >= 11 is 6.12. The van der Waals surface area contributed by atoms with E-state index in [0.29, 0.717) is 23.2 Å². The molecule has 0 bridgehead atoms. The first-order valence-electron chi connectivity index (χ1n) is 7.59. The lowest BCUT2D eigenvalue weighted by atomic mass is 10.1. The van der Waals surface area contributed by atoms with E-state index in [1.807, 2.05) is 54.6 Å². The summed E-state index contributed by atoms with van der Waals surface area (Å²) in [5.41, 5.74) is 2.65. The minimum absolute atomic E-state index is 0.627. The van der Waals surface area contributed by atoms with Gasteiger partial charge in [-0.1, -0.05) is 61.0 Å². The lowest BCUT2D eigenvalue weighted by Gasteiger charge is -2.12. The molecule has 2 aromatic carbocycles. The largest absolute Gasteiger partial charge is 0.490 e. The summed E-state index contributed by atoms with van der Waals surface area (Å²) in [5, 5.41) is 0.670. The first kappa shape index (κ1) is 15.5. The van der Waals surface area contributed by atoms with Gasteiger partial charge in [0.25, 0.3) is 0 Å². The molecule has 0 amide bonds. The zero-order chi connectivity index (χ0) is 16.1. The predicted molar refractivity (Wildman–Crippen MR) is 93.7 cm³/mol. The van der Waals surface area contributed by atoms with E-state index in [0.717, 1.165) is 23.2 Å². The highest BCUT2D eigenvalue weighted by atomic mass is 35.5. The van der Waals surface area contributed by atoms with Gasteiger partial charge in [0.15, 0.2) is 11.6 Å². The molecule has 0 aliphatic carbocycles. The van der Waals surface area contributed by atoms with Crippen LogP contribution in [0.25, 0.3) is 22.6 Å². The second-order valence-electron chi connectivity index (χ2n) is 5.13. The minimum Gasteiger partial charge on any atom is -0.490 e. The number of rotatable bonds is 5. The highest BCUT2D eigenvalue weighted by molar-refractivity contribution is 6.30.